The third kappa shape index (κ3) is 4.64. The van der Waals surface area contributed by atoms with E-state index in [4.69, 9.17) is 15.2 Å². The number of hydrogen-bond acceptors (Lipinski definition) is 6. The molecule has 4 rings (SSSR count). The number of nitrogens with two attached hydrogens (primary N) is 1. The monoisotopic (exact) mass is 424 g/mol. The number of likely N-dealkylation sites (tertiary alicyclic amines) is 1. The summed E-state index contributed by atoms with van der Waals surface area (Å²) in [7, 11) is 1.55. The Morgan fingerprint density at radius 1 is 1.16 bits per heavy atom. The van der Waals surface area contributed by atoms with Crippen LogP contribution >= 0.6 is 0 Å². The van der Waals surface area contributed by atoms with Gasteiger partial charge in [-0.05, 0) is 49.9 Å². The average Bonchev–Trinajstić information content (AvgIpc) is 3.34. The molecule has 2 amide bonds. The predicted molar refractivity (Wildman–Crippen MR) is 117 cm³/mol. The molecule has 0 aliphatic carbocycles. The van der Waals surface area contributed by atoms with E-state index in [9.17, 15) is 9.59 Å². The normalized spacial score (nSPS) is 19.3. The molecule has 8 heteroatoms. The predicted octanol–water partition coefficient (Wildman–Crippen LogP) is 2.81. The van der Waals surface area contributed by atoms with Gasteiger partial charge in [0.1, 0.15) is 17.7 Å². The SMILES string of the molecule is COc1ccccc1NC(=O)c1ccc(C2CCN(C(=O)[C@H]3CCCO3)CC2)nc1N. The van der Waals surface area contributed by atoms with Crippen LogP contribution < -0.4 is 15.8 Å². The molecule has 8 nitrogen and oxygen atoms in total. The van der Waals surface area contributed by atoms with E-state index in [1.165, 1.54) is 0 Å². The molecule has 2 saturated heterocycles. The number of amides is 2. The van der Waals surface area contributed by atoms with Crippen LogP contribution in [0.3, 0.4) is 0 Å². The van der Waals surface area contributed by atoms with Gasteiger partial charge in [-0.2, -0.15) is 0 Å². The molecule has 3 heterocycles. The molecule has 2 aliphatic rings. The van der Waals surface area contributed by atoms with E-state index in [0.29, 0.717) is 36.7 Å². The van der Waals surface area contributed by atoms with Crippen LogP contribution in [0.25, 0.3) is 0 Å². The zero-order valence-electron chi connectivity index (χ0n) is 17.7. The van der Waals surface area contributed by atoms with Crippen LogP contribution in [0.15, 0.2) is 36.4 Å². The van der Waals surface area contributed by atoms with Crippen LogP contribution in [-0.4, -0.2) is 54.6 Å². The Kier molecular flexibility index (Phi) is 6.36. The number of para-hydroxylation sites is 2. The fraction of sp³-hybridized carbons (Fsp3) is 0.435. The molecule has 1 aromatic heterocycles. The first kappa shape index (κ1) is 21.1. The smallest absolute Gasteiger partial charge is 0.259 e. The summed E-state index contributed by atoms with van der Waals surface area (Å²) in [5, 5.41) is 2.82. The van der Waals surface area contributed by atoms with Crippen molar-refractivity contribution < 1.29 is 19.1 Å². The Hall–Kier alpha value is -3.13. The summed E-state index contributed by atoms with van der Waals surface area (Å²) in [5.41, 5.74) is 7.88. The standard InChI is InChI=1S/C23H28N4O4/c1-30-19-6-3-2-5-18(19)26-22(28)16-8-9-17(25-21(16)24)15-10-12-27(13-11-15)23(29)20-7-4-14-31-20/h2-3,5-6,8-9,15,20H,4,7,10-14H2,1H3,(H2,24,25)(H,26,28)/t20-/m1/s1. The number of carbonyl (C=O) groups is 2. The van der Waals surface area contributed by atoms with Gasteiger partial charge in [0.25, 0.3) is 11.8 Å². The fourth-order valence-electron chi connectivity index (χ4n) is 4.22. The number of aromatic nitrogens is 1. The summed E-state index contributed by atoms with van der Waals surface area (Å²) in [6.45, 7) is 2.04. The van der Waals surface area contributed by atoms with Crippen molar-refractivity contribution in [1.82, 2.24) is 9.88 Å². The number of nitrogen functional groups attached to an aromatic ring is 1. The third-order valence-corrected chi connectivity index (χ3v) is 5.98. The molecule has 2 aromatic rings. The van der Waals surface area contributed by atoms with Crippen LogP contribution in [0.4, 0.5) is 11.5 Å². The highest BCUT2D eigenvalue weighted by molar-refractivity contribution is 6.07. The molecule has 3 N–H and O–H groups in total. The number of nitrogens with one attached hydrogen (secondary N) is 1. The van der Waals surface area contributed by atoms with Gasteiger partial charge in [0.15, 0.2) is 0 Å². The minimum absolute atomic E-state index is 0.104. The lowest BCUT2D eigenvalue weighted by molar-refractivity contribution is -0.142. The summed E-state index contributed by atoms with van der Waals surface area (Å²) >= 11 is 0. The van der Waals surface area contributed by atoms with E-state index in [1.54, 1.807) is 25.3 Å². The Labute approximate surface area is 181 Å². The molecule has 0 spiro atoms. The van der Waals surface area contributed by atoms with Crippen LogP contribution in [0.2, 0.25) is 0 Å². The first-order valence-electron chi connectivity index (χ1n) is 10.7. The van der Waals surface area contributed by atoms with E-state index < -0.39 is 0 Å². The maximum Gasteiger partial charge on any atom is 0.259 e. The first-order valence-corrected chi connectivity index (χ1v) is 10.7. The topological polar surface area (TPSA) is 107 Å². The van der Waals surface area contributed by atoms with Gasteiger partial charge < -0.3 is 25.4 Å². The molecule has 0 bridgehead atoms. The number of nitrogens with zero attached hydrogens (tertiary/aromatic N) is 2. The van der Waals surface area contributed by atoms with E-state index in [2.05, 4.69) is 10.3 Å². The van der Waals surface area contributed by atoms with Gasteiger partial charge in [-0.1, -0.05) is 12.1 Å². The van der Waals surface area contributed by atoms with Crippen molar-refractivity contribution in [2.24, 2.45) is 0 Å². The fourth-order valence-corrected chi connectivity index (χ4v) is 4.22. The molecule has 2 aliphatic heterocycles. The Morgan fingerprint density at radius 2 is 1.94 bits per heavy atom. The van der Waals surface area contributed by atoms with Gasteiger partial charge in [-0.25, -0.2) is 4.98 Å². The van der Waals surface area contributed by atoms with Crippen molar-refractivity contribution in [1.29, 1.82) is 0 Å². The van der Waals surface area contributed by atoms with Crippen molar-refractivity contribution in [3.05, 3.63) is 47.7 Å². The van der Waals surface area contributed by atoms with Crippen molar-refractivity contribution in [2.75, 3.05) is 37.9 Å². The summed E-state index contributed by atoms with van der Waals surface area (Å²) in [6, 6.07) is 10.8. The Bertz CT molecular complexity index is 950. The zero-order valence-corrected chi connectivity index (χ0v) is 17.7. The number of carbonyl (C=O) groups excluding carboxylic acids is 2. The summed E-state index contributed by atoms with van der Waals surface area (Å²) in [5.74, 6) is 0.748. The maximum absolute atomic E-state index is 12.7. The van der Waals surface area contributed by atoms with Crippen LogP contribution in [0.1, 0.15) is 47.7 Å². The van der Waals surface area contributed by atoms with Crippen molar-refractivity contribution in [2.45, 2.75) is 37.7 Å². The molecule has 0 saturated carbocycles. The highest BCUT2D eigenvalue weighted by atomic mass is 16.5. The van der Waals surface area contributed by atoms with Gasteiger partial charge in [-0.15, -0.1) is 0 Å². The van der Waals surface area contributed by atoms with Gasteiger partial charge >= 0.3 is 0 Å². The number of hydrogen-bond donors (Lipinski definition) is 2. The summed E-state index contributed by atoms with van der Waals surface area (Å²) in [4.78, 5) is 31.6. The van der Waals surface area contributed by atoms with Crippen LogP contribution in [-0.2, 0) is 9.53 Å². The quantitative estimate of drug-likeness (QED) is 0.764. The average molecular weight is 425 g/mol. The molecule has 2 fully saturated rings. The van der Waals surface area contributed by atoms with Gasteiger partial charge in [-0.3, -0.25) is 9.59 Å². The summed E-state index contributed by atoms with van der Waals surface area (Å²) < 4.78 is 10.8. The van der Waals surface area contributed by atoms with E-state index in [1.807, 2.05) is 23.1 Å². The van der Waals surface area contributed by atoms with Gasteiger partial charge in [0.2, 0.25) is 0 Å². The van der Waals surface area contributed by atoms with Crippen LogP contribution in [0, 0.1) is 0 Å². The number of methoxy groups -OCH3 is 1. The molecule has 31 heavy (non-hydrogen) atoms. The third-order valence-electron chi connectivity index (χ3n) is 5.98. The lowest BCUT2D eigenvalue weighted by Gasteiger charge is -2.33. The molecule has 0 unspecified atom stereocenters. The number of ether oxygens (including phenoxy) is 2. The first-order chi connectivity index (χ1) is 15.1. The largest absolute Gasteiger partial charge is 0.495 e. The number of piperidine rings is 1. The van der Waals surface area contributed by atoms with E-state index >= 15 is 0 Å². The lowest BCUT2D eigenvalue weighted by atomic mass is 9.92. The highest BCUT2D eigenvalue weighted by Crippen LogP contribution is 2.30. The van der Waals surface area contributed by atoms with Crippen molar-refractivity contribution in [3.8, 4) is 5.75 Å². The van der Waals surface area contributed by atoms with Gasteiger partial charge in [0, 0.05) is 31.3 Å². The van der Waals surface area contributed by atoms with Crippen molar-refractivity contribution in [3.63, 3.8) is 0 Å². The second-order valence-corrected chi connectivity index (χ2v) is 7.92. The molecule has 0 radical (unpaired) electrons. The Balaban J connectivity index is 1.38. The van der Waals surface area contributed by atoms with Crippen LogP contribution in [0.5, 0.6) is 5.75 Å². The second-order valence-electron chi connectivity index (χ2n) is 7.92. The number of anilines is 2. The zero-order chi connectivity index (χ0) is 21.8. The molecular formula is C23H28N4O4. The highest BCUT2D eigenvalue weighted by Gasteiger charge is 2.31. The van der Waals surface area contributed by atoms with Crippen molar-refractivity contribution >= 4 is 23.3 Å². The van der Waals surface area contributed by atoms with E-state index in [0.717, 1.165) is 31.4 Å². The van der Waals surface area contributed by atoms with E-state index in [-0.39, 0.29) is 29.7 Å². The molecule has 1 aromatic carbocycles. The molecule has 1 atom stereocenters. The van der Waals surface area contributed by atoms with Gasteiger partial charge in [0.05, 0.1) is 18.4 Å². The summed E-state index contributed by atoms with van der Waals surface area (Å²) in [6.07, 6.45) is 3.13. The number of benzene rings is 1. The number of pyridine rings is 1. The number of rotatable bonds is 5. The lowest BCUT2D eigenvalue weighted by Crippen LogP contribution is -2.43. The Morgan fingerprint density at radius 3 is 2.61 bits per heavy atom. The molecule has 164 valence electrons. The molecular weight excluding hydrogens is 396 g/mol. The minimum Gasteiger partial charge on any atom is -0.495 e. The minimum atomic E-state index is -0.335. The maximum atomic E-state index is 12.7. The second kappa shape index (κ2) is 9.34.